The number of anilines is 1. The lowest BCUT2D eigenvalue weighted by Gasteiger charge is -2.25. The number of sulfonamides is 1. The van der Waals surface area contributed by atoms with Crippen molar-refractivity contribution < 1.29 is 22.7 Å². The minimum absolute atomic E-state index is 0.0646. The van der Waals surface area contributed by atoms with Crippen LogP contribution in [0.4, 0.5) is 5.69 Å². The lowest BCUT2D eigenvalue weighted by atomic mass is 10.2. The molecule has 0 spiro atoms. The molecule has 0 radical (unpaired) electrons. The quantitative estimate of drug-likeness (QED) is 0.428. The van der Waals surface area contributed by atoms with Gasteiger partial charge in [0, 0.05) is 18.8 Å². The third-order valence-electron chi connectivity index (χ3n) is 4.90. The summed E-state index contributed by atoms with van der Waals surface area (Å²) in [4.78, 5) is 12.6. The second kappa shape index (κ2) is 10.2. The zero-order chi connectivity index (χ0) is 23.3. The molecule has 32 heavy (non-hydrogen) atoms. The Kier molecular flexibility index (Phi) is 7.54. The van der Waals surface area contributed by atoms with Crippen LogP contribution in [0.25, 0.3) is 0 Å². The number of hydrazine groups is 1. The van der Waals surface area contributed by atoms with Crippen molar-refractivity contribution in [3.63, 3.8) is 0 Å². The van der Waals surface area contributed by atoms with E-state index in [9.17, 15) is 13.2 Å². The molecule has 1 aliphatic rings. The minimum atomic E-state index is -3.61. The molecule has 1 heterocycles. The summed E-state index contributed by atoms with van der Waals surface area (Å²) in [5.41, 5.74) is 6.39. The third-order valence-corrected chi connectivity index (χ3v) is 7.15. The summed E-state index contributed by atoms with van der Waals surface area (Å²) in [7, 11) is -3.61. The molecule has 0 aliphatic carbocycles. The molecule has 0 aromatic heterocycles. The fraction of sp³-hybridized carbons (Fsp3) is 0.333. The van der Waals surface area contributed by atoms with Crippen molar-refractivity contribution in [3.05, 3.63) is 48.0 Å². The van der Waals surface area contributed by atoms with Crippen LogP contribution in [-0.2, 0) is 14.8 Å². The number of carbonyl (C=O) groups is 1. The fourth-order valence-electron chi connectivity index (χ4n) is 3.11. The fourth-order valence-corrected chi connectivity index (χ4v) is 4.76. The number of hydrogen-bond donors (Lipinski definition) is 3. The molecular weight excluding hydrogens is 452 g/mol. The standard InChI is InChI=1S/C21H26N4O5S2/c1-4-25(5-2)32(27,28)15-11-10-14(3)16(12-15)22-21(31)24-23-20(26)19-13-29-17-8-6-7-9-18(17)30-19/h6-12,19H,4-5,13H2,1-3H3,(H,23,26)(H2,22,24,31). The van der Waals surface area contributed by atoms with Gasteiger partial charge in [-0.2, -0.15) is 4.31 Å². The molecular formula is C21H26N4O5S2. The molecule has 1 atom stereocenters. The highest BCUT2D eigenvalue weighted by molar-refractivity contribution is 7.89. The Hall–Kier alpha value is -2.89. The van der Waals surface area contributed by atoms with E-state index >= 15 is 0 Å². The van der Waals surface area contributed by atoms with E-state index in [4.69, 9.17) is 21.7 Å². The topological polar surface area (TPSA) is 109 Å². The first kappa shape index (κ1) is 23.8. The Morgan fingerprint density at radius 3 is 2.50 bits per heavy atom. The van der Waals surface area contributed by atoms with Gasteiger partial charge in [0.1, 0.15) is 6.61 Å². The first-order chi connectivity index (χ1) is 15.3. The normalized spacial score (nSPS) is 15.2. The first-order valence-electron chi connectivity index (χ1n) is 10.1. The van der Waals surface area contributed by atoms with Crippen LogP contribution in [0.2, 0.25) is 0 Å². The number of hydrogen-bond acceptors (Lipinski definition) is 6. The summed E-state index contributed by atoms with van der Waals surface area (Å²) in [5, 5.41) is 3.02. The molecule has 0 saturated carbocycles. The van der Waals surface area contributed by atoms with E-state index in [2.05, 4.69) is 16.2 Å². The van der Waals surface area contributed by atoms with E-state index in [1.54, 1.807) is 44.2 Å². The van der Waals surface area contributed by atoms with Crippen molar-refractivity contribution in [2.45, 2.75) is 31.8 Å². The van der Waals surface area contributed by atoms with Gasteiger partial charge in [-0.3, -0.25) is 15.6 Å². The van der Waals surface area contributed by atoms with Gasteiger partial charge in [0.2, 0.25) is 16.1 Å². The Morgan fingerprint density at radius 2 is 1.81 bits per heavy atom. The summed E-state index contributed by atoms with van der Waals surface area (Å²) >= 11 is 5.24. The van der Waals surface area contributed by atoms with Gasteiger partial charge in [0.25, 0.3) is 5.91 Å². The second-order valence-corrected chi connectivity index (χ2v) is 9.34. The van der Waals surface area contributed by atoms with Crippen molar-refractivity contribution in [2.24, 2.45) is 0 Å². The number of carbonyl (C=O) groups excluding carboxylic acids is 1. The summed E-state index contributed by atoms with van der Waals surface area (Å²) in [6.07, 6.45) is -0.843. The largest absolute Gasteiger partial charge is 0.485 e. The van der Waals surface area contributed by atoms with Crippen LogP contribution in [0.3, 0.4) is 0 Å². The summed E-state index contributed by atoms with van der Waals surface area (Å²) in [5.74, 6) is 0.608. The van der Waals surface area contributed by atoms with Crippen LogP contribution in [0.15, 0.2) is 47.4 Å². The van der Waals surface area contributed by atoms with E-state index < -0.39 is 22.0 Å². The summed E-state index contributed by atoms with van der Waals surface area (Å²) in [6, 6.07) is 11.9. The average Bonchev–Trinajstić information content (AvgIpc) is 2.79. The van der Waals surface area contributed by atoms with Crippen molar-refractivity contribution >= 4 is 38.9 Å². The number of amides is 1. The average molecular weight is 479 g/mol. The highest BCUT2D eigenvalue weighted by atomic mass is 32.2. The van der Waals surface area contributed by atoms with E-state index in [1.807, 2.05) is 13.0 Å². The van der Waals surface area contributed by atoms with Gasteiger partial charge < -0.3 is 14.8 Å². The number of benzene rings is 2. The molecule has 1 amide bonds. The predicted molar refractivity (Wildman–Crippen MR) is 125 cm³/mol. The lowest BCUT2D eigenvalue weighted by molar-refractivity contribution is -0.130. The number of nitrogens with one attached hydrogen (secondary N) is 3. The number of rotatable bonds is 6. The van der Waals surface area contributed by atoms with Crippen molar-refractivity contribution in [3.8, 4) is 11.5 Å². The van der Waals surface area contributed by atoms with Gasteiger partial charge >= 0.3 is 0 Å². The molecule has 0 saturated heterocycles. The Balaban J connectivity index is 1.61. The van der Waals surface area contributed by atoms with Gasteiger partial charge in [-0.1, -0.05) is 32.0 Å². The van der Waals surface area contributed by atoms with Crippen LogP contribution < -0.4 is 25.6 Å². The molecule has 11 heteroatoms. The molecule has 0 bridgehead atoms. The molecule has 1 aliphatic heterocycles. The second-order valence-electron chi connectivity index (χ2n) is 7.00. The number of fused-ring (bicyclic) bond motifs is 1. The molecule has 2 aromatic carbocycles. The highest BCUT2D eigenvalue weighted by Gasteiger charge is 2.27. The van der Waals surface area contributed by atoms with Crippen molar-refractivity contribution in [2.75, 3.05) is 25.0 Å². The van der Waals surface area contributed by atoms with E-state index in [-0.39, 0.29) is 16.6 Å². The number of para-hydroxylation sites is 2. The van der Waals surface area contributed by atoms with Crippen LogP contribution in [0, 0.1) is 6.92 Å². The van der Waals surface area contributed by atoms with Crippen molar-refractivity contribution in [1.82, 2.24) is 15.2 Å². The van der Waals surface area contributed by atoms with Crippen molar-refractivity contribution in [1.29, 1.82) is 0 Å². The molecule has 3 rings (SSSR count). The molecule has 3 N–H and O–H groups in total. The minimum Gasteiger partial charge on any atom is -0.485 e. The third kappa shape index (κ3) is 5.29. The van der Waals surface area contributed by atoms with Gasteiger partial charge in [-0.15, -0.1) is 0 Å². The number of nitrogens with zero attached hydrogens (tertiary/aromatic N) is 1. The molecule has 2 aromatic rings. The molecule has 1 unspecified atom stereocenters. The van der Waals surface area contributed by atoms with Crippen LogP contribution >= 0.6 is 12.2 Å². The van der Waals surface area contributed by atoms with E-state index in [0.717, 1.165) is 5.56 Å². The Bertz CT molecular complexity index is 1100. The number of aryl methyl sites for hydroxylation is 1. The Morgan fingerprint density at radius 1 is 1.12 bits per heavy atom. The first-order valence-corrected chi connectivity index (χ1v) is 12.0. The number of thiocarbonyl (C=S) groups is 1. The lowest BCUT2D eigenvalue weighted by Crippen LogP contribution is -2.51. The molecule has 0 fully saturated rings. The zero-order valence-electron chi connectivity index (χ0n) is 18.0. The molecule has 9 nitrogen and oxygen atoms in total. The van der Waals surface area contributed by atoms with E-state index in [0.29, 0.717) is 30.3 Å². The van der Waals surface area contributed by atoms with Gasteiger partial charge in [0.15, 0.2) is 16.6 Å². The van der Waals surface area contributed by atoms with E-state index in [1.165, 1.54) is 10.4 Å². The Labute approximate surface area is 193 Å². The monoisotopic (exact) mass is 478 g/mol. The van der Waals surface area contributed by atoms with Crippen LogP contribution in [0.1, 0.15) is 19.4 Å². The van der Waals surface area contributed by atoms with Gasteiger partial charge in [0.05, 0.1) is 4.90 Å². The number of ether oxygens (including phenoxy) is 2. The molecule has 172 valence electrons. The van der Waals surface area contributed by atoms with Gasteiger partial charge in [-0.25, -0.2) is 8.42 Å². The SMILES string of the molecule is CCN(CC)S(=O)(=O)c1ccc(C)c(NC(=S)NNC(=O)C2COc3ccccc3O2)c1. The maximum Gasteiger partial charge on any atom is 0.283 e. The van der Waals surface area contributed by atoms with Crippen LogP contribution in [-0.4, -0.2) is 49.5 Å². The summed E-state index contributed by atoms with van der Waals surface area (Å²) in [6.45, 7) is 6.21. The smallest absolute Gasteiger partial charge is 0.283 e. The predicted octanol–water partition coefficient (Wildman–Crippen LogP) is 2.18. The van der Waals surface area contributed by atoms with Gasteiger partial charge in [-0.05, 0) is 49.0 Å². The maximum absolute atomic E-state index is 12.8. The maximum atomic E-state index is 12.8. The van der Waals surface area contributed by atoms with Crippen LogP contribution in [0.5, 0.6) is 11.5 Å². The summed E-state index contributed by atoms with van der Waals surface area (Å²) < 4.78 is 38.1. The highest BCUT2D eigenvalue weighted by Crippen LogP contribution is 2.30. The zero-order valence-corrected chi connectivity index (χ0v) is 19.7.